The number of amides is 2. The summed E-state index contributed by atoms with van der Waals surface area (Å²) in [6.45, 7) is 10.0. The number of benzene rings is 1. The Morgan fingerprint density at radius 3 is 2.33 bits per heavy atom. The van der Waals surface area contributed by atoms with Crippen molar-refractivity contribution in [1.29, 1.82) is 0 Å². The van der Waals surface area contributed by atoms with Gasteiger partial charge in [0.1, 0.15) is 16.6 Å². The topological polar surface area (TPSA) is 84.5 Å². The second kappa shape index (κ2) is 8.91. The fourth-order valence-electron chi connectivity index (χ4n) is 2.35. The molecule has 1 unspecified atom stereocenters. The van der Waals surface area contributed by atoms with Crippen LogP contribution in [-0.2, 0) is 14.3 Å². The van der Waals surface area contributed by atoms with Gasteiger partial charge in [0.15, 0.2) is 6.10 Å². The zero-order valence-electron chi connectivity index (χ0n) is 17.6. The number of nitrogens with one attached hydrogen (secondary N) is 2. The van der Waals surface area contributed by atoms with Crippen molar-refractivity contribution in [2.45, 2.75) is 47.6 Å². The fraction of sp³-hybridized carbons (Fsp3) is 0.381. The van der Waals surface area contributed by atoms with Crippen molar-refractivity contribution < 1.29 is 27.9 Å². The lowest BCUT2D eigenvalue weighted by molar-refractivity contribution is -0.124. The maximum Gasteiger partial charge on any atom is 0.342 e. The van der Waals surface area contributed by atoms with Crippen LogP contribution in [0.3, 0.4) is 0 Å². The molecule has 0 saturated carbocycles. The summed E-state index contributed by atoms with van der Waals surface area (Å²) in [7, 11) is 0. The molecule has 9 heteroatoms. The van der Waals surface area contributed by atoms with Crippen molar-refractivity contribution in [2.75, 3.05) is 10.6 Å². The van der Waals surface area contributed by atoms with Crippen LogP contribution in [-0.4, -0.2) is 23.9 Å². The van der Waals surface area contributed by atoms with E-state index in [1.54, 1.807) is 34.6 Å². The maximum absolute atomic E-state index is 13.7. The van der Waals surface area contributed by atoms with E-state index in [2.05, 4.69) is 10.6 Å². The molecular formula is C21H24F2N2O4S. The highest BCUT2D eigenvalue weighted by atomic mass is 32.1. The van der Waals surface area contributed by atoms with Gasteiger partial charge < -0.3 is 15.4 Å². The van der Waals surface area contributed by atoms with E-state index in [1.807, 2.05) is 0 Å². The minimum Gasteiger partial charge on any atom is -0.449 e. The van der Waals surface area contributed by atoms with E-state index >= 15 is 0 Å². The largest absolute Gasteiger partial charge is 0.449 e. The van der Waals surface area contributed by atoms with Crippen LogP contribution in [0, 0.1) is 30.9 Å². The number of hydrogen-bond acceptors (Lipinski definition) is 5. The molecule has 0 radical (unpaired) electrons. The highest BCUT2D eigenvalue weighted by molar-refractivity contribution is 7.16. The lowest BCUT2D eigenvalue weighted by Gasteiger charge is -2.18. The fourth-order valence-corrected chi connectivity index (χ4v) is 3.40. The maximum atomic E-state index is 13.7. The van der Waals surface area contributed by atoms with Crippen LogP contribution in [0.4, 0.5) is 19.5 Å². The average Bonchev–Trinajstić information content (AvgIpc) is 2.90. The third kappa shape index (κ3) is 5.41. The van der Waals surface area contributed by atoms with Gasteiger partial charge in [-0.05, 0) is 38.5 Å². The van der Waals surface area contributed by atoms with E-state index in [1.165, 1.54) is 18.3 Å². The number of halogens is 2. The van der Waals surface area contributed by atoms with Gasteiger partial charge in [0.2, 0.25) is 5.91 Å². The summed E-state index contributed by atoms with van der Waals surface area (Å²) in [5.41, 5.74) is -0.247. The van der Waals surface area contributed by atoms with Crippen molar-refractivity contribution in [2.24, 2.45) is 5.41 Å². The Kier molecular flexibility index (Phi) is 6.97. The van der Waals surface area contributed by atoms with Crippen molar-refractivity contribution in [1.82, 2.24) is 0 Å². The van der Waals surface area contributed by atoms with Crippen LogP contribution in [0.5, 0.6) is 0 Å². The van der Waals surface area contributed by atoms with Crippen molar-refractivity contribution in [3.63, 3.8) is 0 Å². The first-order chi connectivity index (χ1) is 13.8. The standard InChI is InChI=1S/C21H24F2N2O4S/c1-10-12(3)30-18(25-20(28)21(4,5)6)16(10)19(27)29-11(2)17(26)24-15-9-13(22)7-8-14(15)23/h7-9,11H,1-6H3,(H,24,26)(H,25,28). The second-order valence-corrected chi connectivity index (χ2v) is 9.08. The van der Waals surface area contributed by atoms with Gasteiger partial charge in [-0.3, -0.25) is 9.59 Å². The second-order valence-electron chi connectivity index (χ2n) is 7.85. The minimum atomic E-state index is -1.29. The molecule has 1 atom stereocenters. The molecule has 0 fully saturated rings. The Bertz CT molecular complexity index is 996. The number of aryl methyl sites for hydroxylation is 1. The predicted octanol–water partition coefficient (Wildman–Crippen LogP) is 4.81. The normalized spacial score (nSPS) is 12.3. The lowest BCUT2D eigenvalue weighted by Crippen LogP contribution is -2.31. The number of anilines is 2. The van der Waals surface area contributed by atoms with Gasteiger partial charge in [0.25, 0.3) is 5.91 Å². The van der Waals surface area contributed by atoms with Gasteiger partial charge in [0.05, 0.1) is 11.3 Å². The average molecular weight is 438 g/mol. The van der Waals surface area contributed by atoms with E-state index in [9.17, 15) is 23.2 Å². The third-order valence-corrected chi connectivity index (χ3v) is 5.46. The first-order valence-corrected chi connectivity index (χ1v) is 10.0. The zero-order chi connectivity index (χ0) is 22.8. The van der Waals surface area contributed by atoms with Crippen LogP contribution in [0.25, 0.3) is 0 Å². The Hall–Kier alpha value is -2.81. The van der Waals surface area contributed by atoms with Crippen LogP contribution in [0.1, 0.15) is 48.5 Å². The zero-order valence-corrected chi connectivity index (χ0v) is 18.4. The van der Waals surface area contributed by atoms with E-state index in [4.69, 9.17) is 4.74 Å². The molecule has 0 aliphatic heterocycles. The lowest BCUT2D eigenvalue weighted by atomic mass is 9.96. The predicted molar refractivity (Wildman–Crippen MR) is 112 cm³/mol. The van der Waals surface area contributed by atoms with Crippen molar-refractivity contribution >= 4 is 39.8 Å². The molecule has 1 aromatic heterocycles. The molecule has 0 saturated heterocycles. The number of ether oxygens (including phenoxy) is 1. The monoisotopic (exact) mass is 438 g/mol. The molecule has 6 nitrogen and oxygen atoms in total. The summed E-state index contributed by atoms with van der Waals surface area (Å²) in [6.07, 6.45) is -1.29. The van der Waals surface area contributed by atoms with Gasteiger partial charge in [0, 0.05) is 16.4 Å². The first-order valence-electron chi connectivity index (χ1n) is 9.19. The smallest absolute Gasteiger partial charge is 0.342 e. The molecule has 2 rings (SSSR count). The SMILES string of the molecule is Cc1sc(NC(=O)C(C)(C)C)c(C(=O)OC(C)C(=O)Nc2cc(F)ccc2F)c1C. The number of thiophene rings is 1. The molecular weight excluding hydrogens is 414 g/mol. The molecule has 30 heavy (non-hydrogen) atoms. The number of hydrogen-bond donors (Lipinski definition) is 2. The molecule has 2 N–H and O–H groups in total. The Labute approximate surface area is 177 Å². The first kappa shape index (κ1) is 23.5. The quantitative estimate of drug-likeness (QED) is 0.656. The molecule has 2 amide bonds. The molecule has 0 aliphatic rings. The molecule has 0 spiro atoms. The van der Waals surface area contributed by atoms with Gasteiger partial charge in [-0.15, -0.1) is 11.3 Å². The van der Waals surface area contributed by atoms with Gasteiger partial charge in [-0.2, -0.15) is 0 Å². The van der Waals surface area contributed by atoms with E-state index in [-0.39, 0.29) is 17.2 Å². The summed E-state index contributed by atoms with van der Waals surface area (Å²) in [5.74, 6) is -3.44. The summed E-state index contributed by atoms with van der Waals surface area (Å²) in [6, 6.07) is 2.63. The molecule has 0 aliphatic carbocycles. The Morgan fingerprint density at radius 1 is 1.10 bits per heavy atom. The van der Waals surface area contributed by atoms with Crippen molar-refractivity contribution in [3.8, 4) is 0 Å². The molecule has 0 bridgehead atoms. The van der Waals surface area contributed by atoms with Gasteiger partial charge >= 0.3 is 5.97 Å². The van der Waals surface area contributed by atoms with Crippen LogP contribution >= 0.6 is 11.3 Å². The van der Waals surface area contributed by atoms with Crippen molar-refractivity contribution in [3.05, 3.63) is 45.8 Å². The van der Waals surface area contributed by atoms with Gasteiger partial charge in [-0.25, -0.2) is 13.6 Å². The molecule has 1 heterocycles. The highest BCUT2D eigenvalue weighted by Crippen LogP contribution is 2.34. The van der Waals surface area contributed by atoms with Crippen LogP contribution in [0.15, 0.2) is 18.2 Å². The van der Waals surface area contributed by atoms with Crippen LogP contribution < -0.4 is 10.6 Å². The summed E-state index contributed by atoms with van der Waals surface area (Å²) < 4.78 is 32.2. The Balaban J connectivity index is 2.17. The highest BCUT2D eigenvalue weighted by Gasteiger charge is 2.29. The van der Waals surface area contributed by atoms with E-state index in [0.717, 1.165) is 23.1 Å². The summed E-state index contributed by atoms with van der Waals surface area (Å²) in [4.78, 5) is 38.2. The van der Waals surface area contributed by atoms with E-state index in [0.29, 0.717) is 10.6 Å². The summed E-state index contributed by atoms with van der Waals surface area (Å²) >= 11 is 1.23. The number of rotatable bonds is 5. The number of carbonyl (C=O) groups is 3. The Morgan fingerprint density at radius 2 is 1.73 bits per heavy atom. The van der Waals surface area contributed by atoms with Gasteiger partial charge in [-0.1, -0.05) is 20.8 Å². The third-order valence-electron chi connectivity index (χ3n) is 4.34. The number of carbonyl (C=O) groups excluding carboxylic acids is 3. The molecule has 162 valence electrons. The summed E-state index contributed by atoms with van der Waals surface area (Å²) in [5, 5.41) is 5.26. The van der Waals surface area contributed by atoms with E-state index < -0.39 is 35.0 Å². The number of esters is 1. The molecule has 1 aromatic carbocycles. The minimum absolute atomic E-state index is 0.159. The molecule has 2 aromatic rings. The van der Waals surface area contributed by atoms with Crippen LogP contribution in [0.2, 0.25) is 0 Å².